The minimum absolute atomic E-state index is 0.836. The third-order valence-corrected chi connectivity index (χ3v) is 4.82. The molecule has 0 aromatic carbocycles. The van der Waals surface area contributed by atoms with Crippen molar-refractivity contribution in [2.24, 2.45) is 29.1 Å². The van der Waals surface area contributed by atoms with Crippen LogP contribution in [0.1, 0.15) is 53.4 Å². The highest BCUT2D eigenvalue weighted by molar-refractivity contribution is 5.05. The Kier molecular flexibility index (Phi) is 2.20. The Morgan fingerprint density at radius 1 is 1.00 bits per heavy atom. The summed E-state index contributed by atoms with van der Waals surface area (Å²) in [5, 5.41) is 0. The molecule has 0 bridgehead atoms. The summed E-state index contributed by atoms with van der Waals surface area (Å²) in [6, 6.07) is 0. The number of hydrogen-bond donors (Lipinski definition) is 0. The molecule has 0 amide bonds. The largest absolute Gasteiger partial charge is 0.0625 e. The van der Waals surface area contributed by atoms with Gasteiger partial charge in [0.1, 0.15) is 0 Å². The second kappa shape index (κ2) is 3.00. The summed E-state index contributed by atoms with van der Waals surface area (Å²) in [5.74, 6) is 3.99. The normalized spacial score (nSPS) is 43.8. The molecule has 0 radical (unpaired) electrons. The zero-order chi connectivity index (χ0) is 9.64. The van der Waals surface area contributed by atoms with Gasteiger partial charge in [-0.15, -0.1) is 0 Å². The molecule has 2 aliphatic rings. The van der Waals surface area contributed by atoms with Crippen LogP contribution in [0, 0.1) is 29.1 Å². The maximum atomic E-state index is 2.41. The lowest BCUT2D eigenvalue weighted by molar-refractivity contribution is -0.122. The highest BCUT2D eigenvalue weighted by Gasteiger charge is 2.55. The van der Waals surface area contributed by atoms with Gasteiger partial charge in [-0.1, -0.05) is 27.7 Å². The molecule has 0 aromatic heterocycles. The summed E-state index contributed by atoms with van der Waals surface area (Å²) in [5.41, 5.74) is 0.836. The SMILES string of the molecule is CC(C)C1CC2(CCC2C(C)C)C1. The molecular weight excluding hydrogens is 156 g/mol. The smallest absolute Gasteiger partial charge is 0.0261 e. The summed E-state index contributed by atoms with van der Waals surface area (Å²) in [6.45, 7) is 9.60. The Balaban J connectivity index is 1.90. The first-order chi connectivity index (χ1) is 6.05. The van der Waals surface area contributed by atoms with Gasteiger partial charge < -0.3 is 0 Å². The molecule has 2 aliphatic carbocycles. The molecule has 2 rings (SSSR count). The molecule has 0 aliphatic heterocycles. The maximum absolute atomic E-state index is 2.41. The molecule has 1 unspecified atom stereocenters. The Morgan fingerprint density at radius 2 is 1.62 bits per heavy atom. The van der Waals surface area contributed by atoms with Crippen LogP contribution in [0.5, 0.6) is 0 Å². The highest BCUT2D eigenvalue weighted by atomic mass is 14.6. The summed E-state index contributed by atoms with van der Waals surface area (Å²) in [7, 11) is 0. The Labute approximate surface area is 83.1 Å². The van der Waals surface area contributed by atoms with Crippen molar-refractivity contribution < 1.29 is 0 Å². The van der Waals surface area contributed by atoms with Crippen molar-refractivity contribution in [1.82, 2.24) is 0 Å². The average Bonchev–Trinajstić information content (AvgIpc) is 1.78. The molecule has 13 heavy (non-hydrogen) atoms. The number of rotatable bonds is 2. The number of hydrogen-bond acceptors (Lipinski definition) is 0. The van der Waals surface area contributed by atoms with Crippen molar-refractivity contribution in [3.63, 3.8) is 0 Å². The molecular formula is C13H24. The Bertz CT molecular complexity index is 184. The van der Waals surface area contributed by atoms with Crippen LogP contribution in [-0.4, -0.2) is 0 Å². The lowest BCUT2D eigenvalue weighted by atomic mass is 9.43. The predicted octanol–water partition coefficient (Wildman–Crippen LogP) is 4.10. The first-order valence-corrected chi connectivity index (χ1v) is 6.05. The first kappa shape index (κ1) is 9.55. The van der Waals surface area contributed by atoms with E-state index in [0.717, 1.165) is 29.1 Å². The Morgan fingerprint density at radius 3 is 1.92 bits per heavy atom. The minimum Gasteiger partial charge on any atom is -0.0625 e. The average molecular weight is 180 g/mol. The van der Waals surface area contributed by atoms with Crippen LogP contribution in [0.3, 0.4) is 0 Å². The van der Waals surface area contributed by atoms with Crippen LogP contribution >= 0.6 is 0 Å². The minimum atomic E-state index is 0.836. The molecule has 0 aromatic rings. The van der Waals surface area contributed by atoms with Gasteiger partial charge in [0.05, 0.1) is 0 Å². The zero-order valence-electron chi connectivity index (χ0n) is 9.64. The molecule has 0 nitrogen and oxygen atoms in total. The van der Waals surface area contributed by atoms with E-state index >= 15 is 0 Å². The van der Waals surface area contributed by atoms with Crippen molar-refractivity contribution in [1.29, 1.82) is 0 Å². The van der Waals surface area contributed by atoms with E-state index in [1.165, 1.54) is 6.42 Å². The van der Waals surface area contributed by atoms with E-state index in [2.05, 4.69) is 27.7 Å². The zero-order valence-corrected chi connectivity index (χ0v) is 9.64. The molecule has 1 atom stereocenters. The van der Waals surface area contributed by atoms with Crippen molar-refractivity contribution >= 4 is 0 Å². The molecule has 2 fully saturated rings. The van der Waals surface area contributed by atoms with Crippen molar-refractivity contribution in [2.75, 3.05) is 0 Å². The summed E-state index contributed by atoms with van der Waals surface area (Å²) < 4.78 is 0. The molecule has 2 saturated carbocycles. The van der Waals surface area contributed by atoms with E-state index in [1.807, 2.05) is 0 Å². The van der Waals surface area contributed by atoms with Gasteiger partial charge in [0.15, 0.2) is 0 Å². The van der Waals surface area contributed by atoms with Gasteiger partial charge in [-0.2, -0.15) is 0 Å². The summed E-state index contributed by atoms with van der Waals surface area (Å²) in [4.78, 5) is 0. The standard InChI is InChI=1S/C13H24/c1-9(2)11-7-13(8-11)6-5-12(13)10(3)4/h9-12H,5-8H2,1-4H3. The lowest BCUT2D eigenvalue weighted by Crippen LogP contribution is -2.53. The van der Waals surface area contributed by atoms with Gasteiger partial charge in [0.25, 0.3) is 0 Å². The van der Waals surface area contributed by atoms with E-state index in [9.17, 15) is 0 Å². The predicted molar refractivity (Wildman–Crippen MR) is 57.6 cm³/mol. The summed E-state index contributed by atoms with van der Waals surface area (Å²) >= 11 is 0. The topological polar surface area (TPSA) is 0 Å². The van der Waals surface area contributed by atoms with E-state index in [0.29, 0.717) is 0 Å². The van der Waals surface area contributed by atoms with Crippen LogP contribution in [0.4, 0.5) is 0 Å². The van der Waals surface area contributed by atoms with Gasteiger partial charge in [-0.3, -0.25) is 0 Å². The van der Waals surface area contributed by atoms with Crippen LogP contribution in [-0.2, 0) is 0 Å². The fourth-order valence-electron chi connectivity index (χ4n) is 3.72. The van der Waals surface area contributed by atoms with Crippen LogP contribution in [0.2, 0.25) is 0 Å². The quantitative estimate of drug-likeness (QED) is 0.600. The van der Waals surface area contributed by atoms with Crippen LogP contribution in [0.25, 0.3) is 0 Å². The Hall–Kier alpha value is 0. The van der Waals surface area contributed by atoms with Crippen LogP contribution in [0.15, 0.2) is 0 Å². The lowest BCUT2D eigenvalue weighted by Gasteiger charge is -2.62. The third kappa shape index (κ3) is 1.33. The highest BCUT2D eigenvalue weighted by Crippen LogP contribution is 2.65. The molecule has 0 saturated heterocycles. The van der Waals surface area contributed by atoms with Gasteiger partial charge in [0, 0.05) is 0 Å². The van der Waals surface area contributed by atoms with Crippen molar-refractivity contribution in [3.8, 4) is 0 Å². The fraction of sp³-hybridized carbons (Fsp3) is 1.00. The van der Waals surface area contributed by atoms with E-state index in [1.54, 1.807) is 19.3 Å². The third-order valence-electron chi connectivity index (χ3n) is 4.82. The van der Waals surface area contributed by atoms with Crippen molar-refractivity contribution in [2.45, 2.75) is 53.4 Å². The molecule has 1 spiro atoms. The van der Waals surface area contributed by atoms with Gasteiger partial charge in [0.2, 0.25) is 0 Å². The van der Waals surface area contributed by atoms with E-state index < -0.39 is 0 Å². The van der Waals surface area contributed by atoms with E-state index in [-0.39, 0.29) is 0 Å². The van der Waals surface area contributed by atoms with Gasteiger partial charge in [-0.05, 0) is 54.8 Å². The maximum Gasteiger partial charge on any atom is -0.0261 e. The first-order valence-electron chi connectivity index (χ1n) is 6.05. The molecule has 0 N–H and O–H groups in total. The fourth-order valence-corrected chi connectivity index (χ4v) is 3.72. The molecule has 0 heterocycles. The summed E-state index contributed by atoms with van der Waals surface area (Å²) in [6.07, 6.45) is 6.16. The monoisotopic (exact) mass is 180 g/mol. The van der Waals surface area contributed by atoms with Crippen molar-refractivity contribution in [3.05, 3.63) is 0 Å². The van der Waals surface area contributed by atoms with Gasteiger partial charge in [-0.25, -0.2) is 0 Å². The van der Waals surface area contributed by atoms with Crippen LogP contribution < -0.4 is 0 Å². The molecule has 0 heteroatoms. The van der Waals surface area contributed by atoms with E-state index in [4.69, 9.17) is 0 Å². The second-order valence-electron chi connectivity index (χ2n) is 6.16. The van der Waals surface area contributed by atoms with Gasteiger partial charge >= 0.3 is 0 Å². The second-order valence-corrected chi connectivity index (χ2v) is 6.16. The molecule has 76 valence electrons.